The molecule has 0 saturated heterocycles. The van der Waals surface area contributed by atoms with Crippen molar-refractivity contribution in [3.8, 4) is 0 Å². The maximum Gasteiger partial charge on any atom is 0.0954 e. The minimum absolute atomic E-state index is 0.275. The Balaban J connectivity index is 2.32. The van der Waals surface area contributed by atoms with Gasteiger partial charge >= 0.3 is 0 Å². The summed E-state index contributed by atoms with van der Waals surface area (Å²) in [4.78, 5) is 4.53. The molecule has 3 nitrogen and oxygen atoms in total. The van der Waals surface area contributed by atoms with Crippen molar-refractivity contribution in [2.24, 2.45) is 5.92 Å². The molecule has 0 saturated carbocycles. The summed E-state index contributed by atoms with van der Waals surface area (Å²) in [6.07, 6.45) is -0.275. The average Bonchev–Trinajstić information content (AvgIpc) is 2.66. The third kappa shape index (κ3) is 4.20. The van der Waals surface area contributed by atoms with Crippen molar-refractivity contribution < 1.29 is 5.11 Å². The lowest BCUT2D eigenvalue weighted by Crippen LogP contribution is -2.30. The first-order valence-electron chi connectivity index (χ1n) is 5.83. The molecule has 0 aromatic carbocycles. The van der Waals surface area contributed by atoms with Crippen LogP contribution >= 0.6 is 11.3 Å². The smallest absolute Gasteiger partial charge is 0.0954 e. The van der Waals surface area contributed by atoms with Gasteiger partial charge in [-0.15, -0.1) is 11.3 Å². The second-order valence-electron chi connectivity index (χ2n) is 4.77. The van der Waals surface area contributed by atoms with E-state index < -0.39 is 0 Å². The Morgan fingerprint density at radius 2 is 2.06 bits per heavy atom. The van der Waals surface area contributed by atoms with Crippen LogP contribution < -0.4 is 5.32 Å². The van der Waals surface area contributed by atoms with Crippen LogP contribution in [0.5, 0.6) is 0 Å². The van der Waals surface area contributed by atoms with Crippen molar-refractivity contribution in [2.45, 2.75) is 46.3 Å². The predicted molar refractivity (Wildman–Crippen MR) is 68.8 cm³/mol. The number of aromatic nitrogens is 1. The van der Waals surface area contributed by atoms with Crippen molar-refractivity contribution in [3.63, 3.8) is 0 Å². The van der Waals surface area contributed by atoms with Crippen molar-refractivity contribution in [2.75, 3.05) is 6.54 Å². The number of hydrogen-bond acceptors (Lipinski definition) is 4. The van der Waals surface area contributed by atoms with E-state index >= 15 is 0 Å². The summed E-state index contributed by atoms with van der Waals surface area (Å²) in [6.45, 7) is 9.72. The van der Waals surface area contributed by atoms with Crippen molar-refractivity contribution in [1.29, 1.82) is 0 Å². The molecule has 92 valence electrons. The molecule has 1 rings (SSSR count). The van der Waals surface area contributed by atoms with Gasteiger partial charge in [0.25, 0.3) is 0 Å². The quantitative estimate of drug-likeness (QED) is 0.805. The van der Waals surface area contributed by atoms with Crippen molar-refractivity contribution in [1.82, 2.24) is 10.3 Å². The van der Waals surface area contributed by atoms with E-state index in [1.807, 2.05) is 13.8 Å². The zero-order chi connectivity index (χ0) is 12.1. The zero-order valence-corrected chi connectivity index (χ0v) is 11.3. The maximum atomic E-state index is 9.62. The molecule has 2 N–H and O–H groups in total. The van der Waals surface area contributed by atoms with E-state index in [9.17, 15) is 5.11 Å². The number of rotatable bonds is 6. The zero-order valence-electron chi connectivity index (χ0n) is 10.5. The fourth-order valence-corrected chi connectivity index (χ4v) is 2.09. The van der Waals surface area contributed by atoms with Gasteiger partial charge in [-0.1, -0.05) is 27.7 Å². The summed E-state index contributed by atoms with van der Waals surface area (Å²) in [7, 11) is 0. The number of aliphatic hydroxyl groups is 1. The maximum absolute atomic E-state index is 9.62. The lowest BCUT2D eigenvalue weighted by Gasteiger charge is -2.14. The molecule has 1 heterocycles. The highest BCUT2D eigenvalue weighted by Gasteiger charge is 2.09. The van der Waals surface area contributed by atoms with Gasteiger partial charge in [0.05, 0.1) is 16.8 Å². The van der Waals surface area contributed by atoms with E-state index in [1.54, 1.807) is 11.3 Å². The van der Waals surface area contributed by atoms with Crippen LogP contribution in [0.3, 0.4) is 0 Å². The average molecular weight is 242 g/mol. The number of hydrogen-bond donors (Lipinski definition) is 2. The fraction of sp³-hybridized carbons (Fsp3) is 0.750. The van der Waals surface area contributed by atoms with E-state index in [2.05, 4.69) is 29.5 Å². The molecule has 0 aliphatic heterocycles. The minimum atomic E-state index is -0.275. The number of nitrogens with one attached hydrogen (secondary N) is 1. The highest BCUT2D eigenvalue weighted by molar-refractivity contribution is 7.09. The highest BCUT2D eigenvalue weighted by atomic mass is 32.1. The summed E-state index contributed by atoms with van der Waals surface area (Å²) in [6, 6.07) is 0. The molecular weight excluding hydrogens is 220 g/mol. The van der Waals surface area contributed by atoms with Gasteiger partial charge in [-0.05, 0) is 5.92 Å². The molecule has 0 aliphatic carbocycles. The van der Waals surface area contributed by atoms with Gasteiger partial charge in [-0.2, -0.15) is 0 Å². The molecule has 1 atom stereocenters. The summed E-state index contributed by atoms with van der Waals surface area (Å²) in [5.74, 6) is 0.800. The number of nitrogens with zero attached hydrogens (tertiary/aromatic N) is 1. The first-order chi connectivity index (χ1) is 7.50. The molecule has 16 heavy (non-hydrogen) atoms. The Morgan fingerprint density at radius 3 is 2.56 bits per heavy atom. The van der Waals surface area contributed by atoms with Gasteiger partial charge in [0.15, 0.2) is 0 Å². The summed E-state index contributed by atoms with van der Waals surface area (Å²) in [5.41, 5.74) is 1.07. The number of thiazole rings is 1. The molecule has 4 heteroatoms. The van der Waals surface area contributed by atoms with Crippen molar-refractivity contribution in [3.05, 3.63) is 16.1 Å². The largest absolute Gasteiger partial charge is 0.392 e. The third-order valence-electron chi connectivity index (χ3n) is 2.49. The molecule has 1 aromatic heterocycles. The third-order valence-corrected chi connectivity index (χ3v) is 3.69. The standard InChI is InChI=1S/C12H22N2OS/c1-8(2)11(15)6-13-5-10-7-16-12(14-10)9(3)4/h7-9,11,13,15H,5-6H2,1-4H3. The number of aliphatic hydroxyl groups excluding tert-OH is 1. The Bertz CT molecular complexity index is 310. The Kier molecular flexibility index (Phi) is 5.38. The van der Waals surface area contributed by atoms with Gasteiger partial charge in [-0.3, -0.25) is 0 Å². The van der Waals surface area contributed by atoms with Gasteiger partial charge in [-0.25, -0.2) is 4.98 Å². The van der Waals surface area contributed by atoms with Crippen LogP contribution in [-0.2, 0) is 6.54 Å². The van der Waals surface area contributed by atoms with Gasteiger partial charge in [0.1, 0.15) is 0 Å². The molecule has 0 radical (unpaired) electrons. The molecule has 0 fully saturated rings. The predicted octanol–water partition coefficient (Wildman–Crippen LogP) is 2.37. The lowest BCUT2D eigenvalue weighted by atomic mass is 10.1. The van der Waals surface area contributed by atoms with E-state index in [0.29, 0.717) is 18.4 Å². The van der Waals surface area contributed by atoms with E-state index in [0.717, 1.165) is 12.2 Å². The van der Waals surface area contributed by atoms with Crippen LogP contribution in [0, 0.1) is 5.92 Å². The van der Waals surface area contributed by atoms with Crippen LogP contribution in [0.1, 0.15) is 44.3 Å². The molecule has 0 bridgehead atoms. The second kappa shape index (κ2) is 6.33. The summed E-state index contributed by atoms with van der Waals surface area (Å²) in [5, 5.41) is 16.1. The van der Waals surface area contributed by atoms with E-state index in [1.165, 1.54) is 5.01 Å². The molecule has 1 unspecified atom stereocenters. The normalized spacial score (nSPS) is 13.7. The van der Waals surface area contributed by atoms with Crippen LogP contribution in [0.15, 0.2) is 5.38 Å². The first-order valence-corrected chi connectivity index (χ1v) is 6.71. The highest BCUT2D eigenvalue weighted by Crippen LogP contribution is 2.18. The van der Waals surface area contributed by atoms with E-state index in [4.69, 9.17) is 0 Å². The van der Waals surface area contributed by atoms with Gasteiger partial charge < -0.3 is 10.4 Å². The van der Waals surface area contributed by atoms with Crippen LogP contribution in [-0.4, -0.2) is 22.7 Å². The molecular formula is C12H22N2OS. The Morgan fingerprint density at radius 1 is 1.38 bits per heavy atom. The van der Waals surface area contributed by atoms with Crippen LogP contribution in [0.2, 0.25) is 0 Å². The SMILES string of the molecule is CC(C)c1nc(CNCC(O)C(C)C)cs1. The second-order valence-corrected chi connectivity index (χ2v) is 5.66. The Labute approximate surface area is 102 Å². The monoisotopic (exact) mass is 242 g/mol. The van der Waals surface area contributed by atoms with Crippen LogP contribution in [0.25, 0.3) is 0 Å². The molecule has 0 spiro atoms. The molecule has 0 amide bonds. The molecule has 0 aliphatic rings. The lowest BCUT2D eigenvalue weighted by molar-refractivity contribution is 0.123. The summed E-state index contributed by atoms with van der Waals surface area (Å²) >= 11 is 1.71. The molecule has 1 aromatic rings. The topological polar surface area (TPSA) is 45.2 Å². The van der Waals surface area contributed by atoms with Crippen molar-refractivity contribution >= 4 is 11.3 Å². The van der Waals surface area contributed by atoms with E-state index in [-0.39, 0.29) is 6.10 Å². The van der Waals surface area contributed by atoms with Crippen LogP contribution in [0.4, 0.5) is 0 Å². The Hall–Kier alpha value is -0.450. The minimum Gasteiger partial charge on any atom is -0.392 e. The van der Waals surface area contributed by atoms with Gasteiger partial charge in [0, 0.05) is 24.4 Å². The fourth-order valence-electron chi connectivity index (χ4n) is 1.25. The summed E-state index contributed by atoms with van der Waals surface area (Å²) < 4.78 is 0. The van der Waals surface area contributed by atoms with Gasteiger partial charge in [0.2, 0.25) is 0 Å². The first kappa shape index (κ1) is 13.6.